The molecule has 1 atom stereocenters. The molecule has 4 rings (SSSR count). The number of ether oxygens (including phenoxy) is 1. The van der Waals surface area contributed by atoms with Crippen LogP contribution in [0.2, 0.25) is 0 Å². The average molecular weight is 450 g/mol. The van der Waals surface area contributed by atoms with Crippen LogP contribution in [0.15, 0.2) is 36.4 Å². The predicted molar refractivity (Wildman–Crippen MR) is 135 cm³/mol. The van der Waals surface area contributed by atoms with Gasteiger partial charge in [-0.05, 0) is 81.7 Å². The van der Waals surface area contributed by atoms with Crippen LogP contribution in [0.25, 0.3) is 0 Å². The lowest BCUT2D eigenvalue weighted by atomic mass is 9.93. The van der Waals surface area contributed by atoms with E-state index in [2.05, 4.69) is 35.2 Å². The van der Waals surface area contributed by atoms with E-state index in [0.717, 1.165) is 60.6 Å². The van der Waals surface area contributed by atoms with Crippen molar-refractivity contribution in [2.45, 2.75) is 70.9 Å². The van der Waals surface area contributed by atoms with E-state index < -0.39 is 6.10 Å². The summed E-state index contributed by atoms with van der Waals surface area (Å²) in [6, 6.07) is 13.2. The van der Waals surface area contributed by atoms with Gasteiger partial charge >= 0.3 is 0 Å². The number of nitrogens with two attached hydrogens (primary N) is 1. The van der Waals surface area contributed by atoms with Crippen molar-refractivity contribution in [1.29, 1.82) is 0 Å². The third-order valence-corrected chi connectivity index (χ3v) is 7.98. The lowest BCUT2D eigenvalue weighted by Crippen LogP contribution is -2.50. The Morgan fingerprint density at radius 2 is 1.79 bits per heavy atom. The Morgan fingerprint density at radius 1 is 1.15 bits per heavy atom. The molecule has 2 fully saturated rings. The van der Waals surface area contributed by atoms with Gasteiger partial charge in [-0.1, -0.05) is 30.3 Å². The van der Waals surface area contributed by atoms with Crippen LogP contribution in [-0.2, 0) is 10.2 Å². The molecule has 1 unspecified atom stereocenters. The van der Waals surface area contributed by atoms with E-state index in [1.165, 1.54) is 18.4 Å². The highest BCUT2D eigenvalue weighted by Gasteiger charge is 2.45. The van der Waals surface area contributed by atoms with E-state index in [-0.39, 0.29) is 11.9 Å². The maximum atomic E-state index is 13.2. The minimum Gasteiger partial charge on any atom is -0.481 e. The summed E-state index contributed by atoms with van der Waals surface area (Å²) in [4.78, 5) is 17.7. The fourth-order valence-electron chi connectivity index (χ4n) is 5.27. The molecule has 33 heavy (non-hydrogen) atoms. The van der Waals surface area contributed by atoms with E-state index >= 15 is 0 Å². The van der Waals surface area contributed by atoms with Crippen molar-refractivity contribution in [3.05, 3.63) is 58.7 Å². The van der Waals surface area contributed by atoms with E-state index in [4.69, 9.17) is 10.5 Å². The number of nitrogens with zero attached hydrogens (tertiary/aromatic N) is 2. The van der Waals surface area contributed by atoms with E-state index in [0.29, 0.717) is 5.41 Å². The van der Waals surface area contributed by atoms with Crippen LogP contribution in [0.4, 0.5) is 5.69 Å². The number of anilines is 1. The van der Waals surface area contributed by atoms with Crippen LogP contribution < -0.4 is 10.5 Å². The fourth-order valence-corrected chi connectivity index (χ4v) is 5.27. The van der Waals surface area contributed by atoms with Crippen molar-refractivity contribution in [2.75, 3.05) is 32.4 Å². The Hall–Kier alpha value is -2.53. The molecule has 1 saturated carbocycles. The number of aryl methyl sites for hydroxylation is 1. The largest absolute Gasteiger partial charge is 0.481 e. The molecule has 1 aliphatic carbocycles. The van der Waals surface area contributed by atoms with Crippen molar-refractivity contribution in [3.8, 4) is 5.75 Å². The molecule has 2 aliphatic rings. The first kappa shape index (κ1) is 23.6. The molecule has 0 spiro atoms. The topological polar surface area (TPSA) is 58.8 Å². The first-order valence-corrected chi connectivity index (χ1v) is 12.3. The zero-order chi connectivity index (χ0) is 23.8. The number of carbonyl (C=O) groups is 1. The molecule has 1 heterocycles. The number of piperidine rings is 1. The van der Waals surface area contributed by atoms with Crippen LogP contribution in [0.3, 0.4) is 0 Å². The van der Waals surface area contributed by atoms with Gasteiger partial charge in [-0.2, -0.15) is 0 Å². The minimum atomic E-state index is -0.526. The minimum absolute atomic E-state index is 0.0444. The Labute approximate surface area is 198 Å². The summed E-state index contributed by atoms with van der Waals surface area (Å²) < 4.78 is 6.12. The van der Waals surface area contributed by atoms with Crippen LogP contribution in [0, 0.1) is 20.8 Å². The Kier molecular flexibility index (Phi) is 6.71. The van der Waals surface area contributed by atoms with Crippen LogP contribution in [0.5, 0.6) is 5.75 Å². The third kappa shape index (κ3) is 4.89. The normalized spacial score (nSPS) is 19.2. The summed E-state index contributed by atoms with van der Waals surface area (Å²) >= 11 is 0. The molecule has 178 valence electrons. The van der Waals surface area contributed by atoms with E-state index in [9.17, 15) is 4.79 Å². The Bertz CT molecular complexity index is 992. The molecule has 1 aliphatic heterocycles. The highest BCUT2D eigenvalue weighted by Crippen LogP contribution is 2.49. The van der Waals surface area contributed by atoms with Crippen molar-refractivity contribution in [2.24, 2.45) is 0 Å². The van der Waals surface area contributed by atoms with Crippen LogP contribution in [-0.4, -0.2) is 54.5 Å². The molecule has 2 aromatic carbocycles. The van der Waals surface area contributed by atoms with Gasteiger partial charge in [-0.3, -0.25) is 4.79 Å². The number of hydrogen-bond donors (Lipinski definition) is 1. The van der Waals surface area contributed by atoms with Gasteiger partial charge < -0.3 is 20.3 Å². The lowest BCUT2D eigenvalue weighted by Gasteiger charge is -2.39. The van der Waals surface area contributed by atoms with Gasteiger partial charge in [0.1, 0.15) is 5.75 Å². The summed E-state index contributed by atoms with van der Waals surface area (Å²) in [7, 11) is 1.93. The molecule has 5 heteroatoms. The van der Waals surface area contributed by atoms with Gasteiger partial charge in [0.05, 0.1) is 0 Å². The van der Waals surface area contributed by atoms with Crippen molar-refractivity contribution >= 4 is 11.6 Å². The molecule has 0 aromatic heterocycles. The summed E-state index contributed by atoms with van der Waals surface area (Å²) in [5.41, 5.74) is 11.8. The van der Waals surface area contributed by atoms with Crippen molar-refractivity contribution < 1.29 is 9.53 Å². The lowest BCUT2D eigenvalue weighted by molar-refractivity contribution is -0.139. The summed E-state index contributed by atoms with van der Waals surface area (Å²) in [6.45, 7) is 11.1. The monoisotopic (exact) mass is 449 g/mol. The molecule has 0 radical (unpaired) electrons. The number of hydrogen-bond acceptors (Lipinski definition) is 4. The van der Waals surface area contributed by atoms with Crippen LogP contribution >= 0.6 is 0 Å². The summed E-state index contributed by atoms with van der Waals surface area (Å²) in [5.74, 6) is 0.793. The second-order valence-electron chi connectivity index (χ2n) is 10.2. The first-order chi connectivity index (χ1) is 15.7. The number of benzene rings is 2. The standard InChI is InChI=1S/C28H39N3O2/c1-19-17-25(20(2)21(3)26(19)29)33-22(4)27(32)30(5)24-11-15-31(16-12-24)18-28(13-14-28)23-9-7-6-8-10-23/h6-10,17,22,24H,11-16,18,29H2,1-5H3. The SMILES string of the molecule is Cc1cc(OC(C)C(=O)N(C)C2CCN(CC3(c4ccccc4)CC3)CC2)c(C)c(C)c1N. The van der Waals surface area contributed by atoms with Gasteiger partial charge in [-0.25, -0.2) is 0 Å². The van der Waals surface area contributed by atoms with Gasteiger partial charge in [0.25, 0.3) is 5.91 Å². The van der Waals surface area contributed by atoms with E-state index in [1.54, 1.807) is 0 Å². The zero-order valence-electron chi connectivity index (χ0n) is 20.9. The van der Waals surface area contributed by atoms with Gasteiger partial charge in [0, 0.05) is 43.8 Å². The highest BCUT2D eigenvalue weighted by molar-refractivity contribution is 5.81. The Morgan fingerprint density at radius 3 is 2.39 bits per heavy atom. The van der Waals surface area contributed by atoms with E-state index in [1.807, 2.05) is 45.7 Å². The maximum Gasteiger partial charge on any atom is 0.263 e. The second kappa shape index (κ2) is 9.38. The summed E-state index contributed by atoms with van der Waals surface area (Å²) in [6.07, 6.45) is 4.07. The molecule has 1 saturated heterocycles. The Balaban J connectivity index is 1.31. The van der Waals surface area contributed by atoms with Crippen LogP contribution in [0.1, 0.15) is 54.9 Å². The average Bonchev–Trinajstić information content (AvgIpc) is 3.61. The smallest absolute Gasteiger partial charge is 0.263 e. The van der Waals surface area contributed by atoms with Gasteiger partial charge in [0.15, 0.2) is 6.10 Å². The molecule has 5 nitrogen and oxygen atoms in total. The highest BCUT2D eigenvalue weighted by atomic mass is 16.5. The number of likely N-dealkylation sites (tertiary alicyclic amines) is 1. The zero-order valence-corrected chi connectivity index (χ0v) is 20.9. The number of rotatable bonds is 7. The first-order valence-electron chi connectivity index (χ1n) is 12.3. The number of likely N-dealkylation sites (N-methyl/N-ethyl adjacent to an activating group) is 1. The van der Waals surface area contributed by atoms with Gasteiger partial charge in [0.2, 0.25) is 0 Å². The summed E-state index contributed by atoms with van der Waals surface area (Å²) in [5, 5.41) is 0. The molecule has 0 bridgehead atoms. The molecular formula is C28H39N3O2. The molecular weight excluding hydrogens is 410 g/mol. The quantitative estimate of drug-likeness (QED) is 0.627. The van der Waals surface area contributed by atoms with Gasteiger partial charge in [-0.15, -0.1) is 0 Å². The fraction of sp³-hybridized carbons (Fsp3) is 0.536. The second-order valence-corrected chi connectivity index (χ2v) is 10.2. The van der Waals surface area contributed by atoms with Crippen molar-refractivity contribution in [3.63, 3.8) is 0 Å². The molecule has 2 aromatic rings. The number of nitrogen functional groups attached to an aromatic ring is 1. The molecule has 1 amide bonds. The van der Waals surface area contributed by atoms with Crippen molar-refractivity contribution in [1.82, 2.24) is 9.80 Å². The predicted octanol–water partition coefficient (Wildman–Crippen LogP) is 4.62. The third-order valence-electron chi connectivity index (χ3n) is 7.98. The number of carbonyl (C=O) groups excluding carboxylic acids is 1. The molecule has 2 N–H and O–H groups in total. The maximum absolute atomic E-state index is 13.2. The number of amides is 1.